The average molecular weight is 467 g/mol. The van der Waals surface area contributed by atoms with Crippen molar-refractivity contribution in [2.75, 3.05) is 16.8 Å². The van der Waals surface area contributed by atoms with Gasteiger partial charge in [0.25, 0.3) is 15.9 Å². The minimum atomic E-state index is -3.84. The summed E-state index contributed by atoms with van der Waals surface area (Å²) in [7, 11) is -3.84. The van der Waals surface area contributed by atoms with Crippen molar-refractivity contribution in [1.29, 1.82) is 0 Å². The molecule has 0 saturated carbocycles. The van der Waals surface area contributed by atoms with Crippen LogP contribution in [0, 0.1) is 6.92 Å². The number of sulfonamides is 1. The Kier molecular flexibility index (Phi) is 5.30. The molecule has 0 radical (unpaired) electrons. The van der Waals surface area contributed by atoms with Crippen molar-refractivity contribution >= 4 is 43.9 Å². The summed E-state index contributed by atoms with van der Waals surface area (Å²) in [5, 5.41) is 5.12. The van der Waals surface area contributed by atoms with Crippen LogP contribution in [0.15, 0.2) is 57.1 Å². The van der Waals surface area contributed by atoms with Gasteiger partial charge in [0.2, 0.25) is 0 Å². The number of benzene rings is 2. The second-order valence-electron chi connectivity index (χ2n) is 7.99. The summed E-state index contributed by atoms with van der Waals surface area (Å²) in [5.74, 6) is 0.192. The third-order valence-corrected chi connectivity index (χ3v) is 7.77. The van der Waals surface area contributed by atoms with Gasteiger partial charge in [-0.15, -0.1) is 15.7 Å². The average Bonchev–Trinajstić information content (AvgIpc) is 3.11. The Bertz CT molecular complexity index is 1330. The number of fused-ring (bicyclic) bond motifs is 3. The molecule has 0 bridgehead atoms. The highest BCUT2D eigenvalue weighted by atomic mass is 32.2. The number of aryl methyl sites for hydroxylation is 1. The van der Waals surface area contributed by atoms with E-state index in [0.717, 1.165) is 42.6 Å². The van der Waals surface area contributed by atoms with Gasteiger partial charge in [-0.3, -0.25) is 10.1 Å². The Morgan fingerprint density at radius 3 is 2.72 bits per heavy atom. The minimum Gasteiger partial charge on any atom is -0.328 e. The molecule has 1 N–H and O–H groups in total. The molecule has 0 spiro atoms. The number of rotatable bonds is 3. The van der Waals surface area contributed by atoms with E-state index in [0.29, 0.717) is 23.1 Å². The zero-order valence-electron chi connectivity index (χ0n) is 17.5. The maximum atomic E-state index is 12.9. The molecule has 1 fully saturated rings. The van der Waals surface area contributed by atoms with Crippen molar-refractivity contribution in [2.45, 2.75) is 37.5 Å². The summed E-state index contributed by atoms with van der Waals surface area (Å²) in [6.45, 7) is 2.75. The second kappa shape index (κ2) is 8.14. The van der Waals surface area contributed by atoms with Crippen LogP contribution in [0.5, 0.6) is 0 Å². The third-order valence-electron chi connectivity index (χ3n) is 5.68. The molecule has 1 amide bonds. The smallest absolute Gasteiger partial charge is 0.286 e. The van der Waals surface area contributed by atoms with E-state index in [-0.39, 0.29) is 10.5 Å². The fourth-order valence-electron chi connectivity index (χ4n) is 3.98. The molecule has 9 heteroatoms. The predicted molar refractivity (Wildman–Crippen MR) is 127 cm³/mol. The van der Waals surface area contributed by atoms with Gasteiger partial charge in [-0.05, 0) is 38.0 Å². The van der Waals surface area contributed by atoms with Gasteiger partial charge in [0, 0.05) is 29.5 Å². The highest BCUT2D eigenvalue weighted by Gasteiger charge is 2.32. The number of anilines is 2. The lowest BCUT2D eigenvalue weighted by Gasteiger charge is -2.29. The van der Waals surface area contributed by atoms with Gasteiger partial charge in [-0.1, -0.05) is 36.2 Å². The molecule has 2 aliphatic rings. The Hall–Kier alpha value is -3.04. The van der Waals surface area contributed by atoms with Gasteiger partial charge >= 0.3 is 0 Å². The summed E-state index contributed by atoms with van der Waals surface area (Å²) in [6, 6.07) is 12.8. The number of hydrogen-bond donors (Lipinski definition) is 1. The molecule has 2 aromatic carbocycles. The van der Waals surface area contributed by atoms with Crippen molar-refractivity contribution in [1.82, 2.24) is 4.98 Å². The van der Waals surface area contributed by atoms with Gasteiger partial charge in [0.05, 0.1) is 11.4 Å². The van der Waals surface area contributed by atoms with Crippen molar-refractivity contribution in [3.05, 3.63) is 59.0 Å². The number of amidine groups is 1. The van der Waals surface area contributed by atoms with E-state index in [4.69, 9.17) is 0 Å². The normalized spacial score (nSPS) is 17.0. The molecule has 0 aliphatic carbocycles. The number of aromatic nitrogens is 1. The standard InChI is InChI=1S/C23H22N4O3S2/c1-15-6-8-16(9-7-15)18-14-31-23(24-18)25-22(28)17-10-11-19-20(13-17)32(29,30)26-21-5-3-2-4-12-27(19)21/h6-11,13-14H,2-5,12H2,1H3,(H,24,25,28). The first-order valence-corrected chi connectivity index (χ1v) is 12.8. The highest BCUT2D eigenvalue weighted by Crippen LogP contribution is 2.35. The number of nitrogens with one attached hydrogen (secondary N) is 1. The number of amides is 1. The van der Waals surface area contributed by atoms with E-state index in [1.165, 1.54) is 17.4 Å². The van der Waals surface area contributed by atoms with Crippen LogP contribution in [0.3, 0.4) is 0 Å². The molecular formula is C23H22N4O3S2. The van der Waals surface area contributed by atoms with E-state index < -0.39 is 15.9 Å². The number of hydrogen-bond acceptors (Lipinski definition) is 6. The fraction of sp³-hybridized carbons (Fsp3) is 0.261. The highest BCUT2D eigenvalue weighted by molar-refractivity contribution is 7.90. The van der Waals surface area contributed by atoms with Crippen LogP contribution in [-0.2, 0) is 10.0 Å². The van der Waals surface area contributed by atoms with E-state index in [9.17, 15) is 13.2 Å². The summed E-state index contributed by atoms with van der Waals surface area (Å²) in [6.07, 6.45) is 3.60. The molecule has 1 aromatic heterocycles. The second-order valence-corrected chi connectivity index (χ2v) is 10.4. The van der Waals surface area contributed by atoms with Crippen LogP contribution < -0.4 is 10.2 Å². The predicted octanol–water partition coefficient (Wildman–Crippen LogP) is 4.85. The Balaban J connectivity index is 1.40. The lowest BCUT2D eigenvalue weighted by Crippen LogP contribution is -2.35. The van der Waals surface area contributed by atoms with Crippen LogP contribution in [-0.4, -0.2) is 31.7 Å². The van der Waals surface area contributed by atoms with E-state index >= 15 is 0 Å². The number of thiazole rings is 1. The molecule has 0 unspecified atom stereocenters. The fourth-order valence-corrected chi connectivity index (χ4v) is 5.98. The summed E-state index contributed by atoms with van der Waals surface area (Å²) in [4.78, 5) is 19.4. The summed E-state index contributed by atoms with van der Waals surface area (Å²) >= 11 is 1.33. The summed E-state index contributed by atoms with van der Waals surface area (Å²) < 4.78 is 29.6. The van der Waals surface area contributed by atoms with Gasteiger partial charge in [-0.2, -0.15) is 8.42 Å². The van der Waals surface area contributed by atoms with Gasteiger partial charge < -0.3 is 4.90 Å². The molecule has 1 saturated heterocycles. The molecule has 2 aliphatic heterocycles. The van der Waals surface area contributed by atoms with E-state index in [1.54, 1.807) is 12.1 Å². The first kappa shape index (κ1) is 20.8. The molecule has 5 rings (SSSR count). The zero-order valence-corrected chi connectivity index (χ0v) is 19.2. The summed E-state index contributed by atoms with van der Waals surface area (Å²) in [5.41, 5.74) is 3.77. The SMILES string of the molecule is Cc1ccc(-c2csc(NC(=O)c3ccc4c(c3)S(=O)(=O)N=C3CCCCCN34)n2)cc1. The molecule has 7 nitrogen and oxygen atoms in total. The molecule has 3 heterocycles. The Labute approximate surface area is 190 Å². The monoisotopic (exact) mass is 466 g/mol. The van der Waals surface area contributed by atoms with Gasteiger partial charge in [0.15, 0.2) is 5.13 Å². The van der Waals surface area contributed by atoms with E-state index in [1.807, 2.05) is 41.5 Å². The van der Waals surface area contributed by atoms with E-state index in [2.05, 4.69) is 14.7 Å². The number of carbonyl (C=O) groups excluding carboxylic acids is 1. The van der Waals surface area contributed by atoms with Crippen molar-refractivity contribution < 1.29 is 13.2 Å². The maximum Gasteiger partial charge on any atom is 0.286 e. The Morgan fingerprint density at radius 1 is 1.09 bits per heavy atom. The van der Waals surface area contributed by atoms with Crippen LogP contribution in [0.4, 0.5) is 10.8 Å². The van der Waals surface area contributed by atoms with Crippen LogP contribution >= 0.6 is 11.3 Å². The first-order chi connectivity index (χ1) is 15.4. The van der Waals surface area contributed by atoms with Crippen molar-refractivity contribution in [2.24, 2.45) is 4.40 Å². The Morgan fingerprint density at radius 2 is 1.91 bits per heavy atom. The van der Waals surface area contributed by atoms with Gasteiger partial charge in [-0.25, -0.2) is 4.98 Å². The van der Waals surface area contributed by atoms with Crippen LogP contribution in [0.25, 0.3) is 11.3 Å². The molecule has 164 valence electrons. The van der Waals surface area contributed by atoms with Crippen LogP contribution in [0.2, 0.25) is 0 Å². The van der Waals surface area contributed by atoms with Crippen LogP contribution in [0.1, 0.15) is 41.6 Å². The lowest BCUT2D eigenvalue weighted by atomic mass is 10.1. The first-order valence-electron chi connectivity index (χ1n) is 10.5. The molecular weight excluding hydrogens is 444 g/mol. The number of carbonyl (C=O) groups is 1. The van der Waals surface area contributed by atoms with Crippen molar-refractivity contribution in [3.8, 4) is 11.3 Å². The van der Waals surface area contributed by atoms with Gasteiger partial charge in [0.1, 0.15) is 10.7 Å². The van der Waals surface area contributed by atoms with Crippen molar-refractivity contribution in [3.63, 3.8) is 0 Å². The largest absolute Gasteiger partial charge is 0.328 e. The number of nitrogens with zero attached hydrogens (tertiary/aromatic N) is 3. The zero-order chi connectivity index (χ0) is 22.3. The lowest BCUT2D eigenvalue weighted by molar-refractivity contribution is 0.102. The molecule has 32 heavy (non-hydrogen) atoms. The molecule has 3 aromatic rings. The topological polar surface area (TPSA) is 91.7 Å². The molecule has 0 atom stereocenters. The quantitative estimate of drug-likeness (QED) is 0.596. The maximum absolute atomic E-state index is 12.9. The minimum absolute atomic E-state index is 0.0790. The third kappa shape index (κ3) is 3.93.